The van der Waals surface area contributed by atoms with Crippen molar-refractivity contribution < 1.29 is 9.47 Å². The van der Waals surface area contributed by atoms with Crippen LogP contribution in [0.1, 0.15) is 31.7 Å². The van der Waals surface area contributed by atoms with Gasteiger partial charge in [-0.25, -0.2) is 9.97 Å². The molecule has 1 unspecified atom stereocenters. The van der Waals surface area contributed by atoms with E-state index in [0.29, 0.717) is 12.5 Å². The lowest BCUT2D eigenvalue weighted by molar-refractivity contribution is -0.0580. The fourth-order valence-corrected chi connectivity index (χ4v) is 4.75. The van der Waals surface area contributed by atoms with Crippen molar-refractivity contribution in [3.63, 3.8) is 0 Å². The minimum absolute atomic E-state index is 0.155. The van der Waals surface area contributed by atoms with Gasteiger partial charge in [0.2, 0.25) is 0 Å². The zero-order chi connectivity index (χ0) is 16.7. The van der Waals surface area contributed by atoms with E-state index in [0.717, 1.165) is 55.6 Å². The third-order valence-electron chi connectivity index (χ3n) is 4.85. The van der Waals surface area contributed by atoms with Crippen molar-refractivity contribution in [2.24, 2.45) is 5.92 Å². The highest BCUT2D eigenvalue weighted by Crippen LogP contribution is 2.36. The molecule has 2 aliphatic rings. The first-order chi connectivity index (χ1) is 11.6. The van der Waals surface area contributed by atoms with Gasteiger partial charge in [-0.3, -0.25) is 0 Å². The number of thiophene rings is 1. The number of fused-ring (bicyclic) bond motifs is 1. The fraction of sp³-hybridized carbons (Fsp3) is 0.667. The molecule has 0 bridgehead atoms. The molecule has 0 saturated carbocycles. The molecule has 1 atom stereocenters. The molecule has 0 aliphatic carbocycles. The Balaban J connectivity index is 1.75. The monoisotopic (exact) mass is 347 g/mol. The van der Waals surface area contributed by atoms with Gasteiger partial charge < -0.3 is 14.4 Å². The normalized spacial score (nSPS) is 24.6. The standard InChI is InChI=1S/C18H25N3O2S/c1-12(2)8-14-9-24-17-15(14)16(19-13(3)20-17)21-5-7-23-18(10-21)4-6-22-11-18/h9,12H,4-8,10-11H2,1-3H3. The third kappa shape index (κ3) is 2.91. The van der Waals surface area contributed by atoms with Crippen LogP contribution in [0.2, 0.25) is 0 Å². The topological polar surface area (TPSA) is 47.5 Å². The number of ether oxygens (including phenoxy) is 2. The number of hydrogen-bond donors (Lipinski definition) is 0. The van der Waals surface area contributed by atoms with Crippen LogP contribution in [0.15, 0.2) is 5.38 Å². The molecule has 24 heavy (non-hydrogen) atoms. The summed E-state index contributed by atoms with van der Waals surface area (Å²) in [6, 6.07) is 0. The molecular weight excluding hydrogens is 322 g/mol. The summed E-state index contributed by atoms with van der Waals surface area (Å²) in [5.41, 5.74) is 1.22. The largest absolute Gasteiger partial charge is 0.378 e. The van der Waals surface area contributed by atoms with Gasteiger partial charge in [0.15, 0.2) is 0 Å². The molecule has 2 fully saturated rings. The fourth-order valence-electron chi connectivity index (χ4n) is 3.76. The van der Waals surface area contributed by atoms with Gasteiger partial charge in [0.25, 0.3) is 0 Å². The lowest BCUT2D eigenvalue weighted by atomic mass is 9.99. The Kier molecular flexibility index (Phi) is 4.22. The van der Waals surface area contributed by atoms with Crippen LogP contribution in [-0.2, 0) is 15.9 Å². The van der Waals surface area contributed by atoms with E-state index in [-0.39, 0.29) is 5.60 Å². The molecule has 0 radical (unpaired) electrons. The molecule has 2 saturated heterocycles. The summed E-state index contributed by atoms with van der Waals surface area (Å²) in [6.45, 7) is 10.5. The van der Waals surface area contributed by atoms with Crippen molar-refractivity contribution in [1.82, 2.24) is 9.97 Å². The van der Waals surface area contributed by atoms with Crippen molar-refractivity contribution in [2.45, 2.75) is 39.2 Å². The van der Waals surface area contributed by atoms with E-state index in [2.05, 4.69) is 29.1 Å². The van der Waals surface area contributed by atoms with E-state index in [1.807, 2.05) is 6.92 Å². The zero-order valence-electron chi connectivity index (χ0n) is 14.7. The number of anilines is 1. The van der Waals surface area contributed by atoms with Crippen LogP contribution in [0.5, 0.6) is 0 Å². The highest BCUT2D eigenvalue weighted by atomic mass is 32.1. The second-order valence-electron chi connectivity index (χ2n) is 7.39. The Hall–Kier alpha value is -1.24. The van der Waals surface area contributed by atoms with E-state index < -0.39 is 0 Å². The van der Waals surface area contributed by atoms with Gasteiger partial charge in [0.05, 0.1) is 25.1 Å². The molecule has 0 aromatic carbocycles. The Morgan fingerprint density at radius 3 is 2.96 bits per heavy atom. The molecule has 5 nitrogen and oxygen atoms in total. The lowest BCUT2D eigenvalue weighted by Crippen LogP contribution is -2.52. The highest BCUT2D eigenvalue weighted by molar-refractivity contribution is 7.17. The average Bonchev–Trinajstić information content (AvgIpc) is 3.14. The van der Waals surface area contributed by atoms with Crippen LogP contribution < -0.4 is 4.90 Å². The number of nitrogens with zero attached hydrogens (tertiary/aromatic N) is 3. The van der Waals surface area contributed by atoms with E-state index in [4.69, 9.17) is 14.5 Å². The summed E-state index contributed by atoms with van der Waals surface area (Å²) >= 11 is 1.74. The van der Waals surface area contributed by atoms with Gasteiger partial charge in [-0.15, -0.1) is 11.3 Å². The molecule has 4 rings (SSSR count). The van der Waals surface area contributed by atoms with Crippen LogP contribution in [0, 0.1) is 12.8 Å². The quantitative estimate of drug-likeness (QED) is 0.853. The average molecular weight is 347 g/mol. The van der Waals surface area contributed by atoms with E-state index >= 15 is 0 Å². The Morgan fingerprint density at radius 2 is 2.21 bits per heavy atom. The number of hydrogen-bond acceptors (Lipinski definition) is 6. The van der Waals surface area contributed by atoms with Crippen molar-refractivity contribution in [3.05, 3.63) is 16.8 Å². The van der Waals surface area contributed by atoms with Crippen LogP contribution >= 0.6 is 11.3 Å². The maximum atomic E-state index is 6.09. The summed E-state index contributed by atoms with van der Waals surface area (Å²) in [5.74, 6) is 2.55. The molecule has 2 aliphatic heterocycles. The first-order valence-electron chi connectivity index (χ1n) is 8.78. The third-order valence-corrected chi connectivity index (χ3v) is 5.77. The van der Waals surface area contributed by atoms with Crippen LogP contribution in [0.25, 0.3) is 10.2 Å². The molecule has 130 valence electrons. The summed E-state index contributed by atoms with van der Waals surface area (Å²) < 4.78 is 11.7. The Morgan fingerprint density at radius 1 is 1.33 bits per heavy atom. The SMILES string of the molecule is Cc1nc(N2CCOC3(CCOC3)C2)c2c(CC(C)C)csc2n1. The van der Waals surface area contributed by atoms with Crippen molar-refractivity contribution >= 4 is 27.4 Å². The van der Waals surface area contributed by atoms with Crippen LogP contribution in [-0.4, -0.2) is 48.5 Å². The highest BCUT2D eigenvalue weighted by Gasteiger charge is 2.41. The minimum Gasteiger partial charge on any atom is -0.378 e. The van der Waals surface area contributed by atoms with E-state index in [1.54, 1.807) is 11.3 Å². The first-order valence-corrected chi connectivity index (χ1v) is 9.66. The molecule has 6 heteroatoms. The Labute approximate surface area is 147 Å². The molecule has 0 N–H and O–H groups in total. The zero-order valence-corrected chi connectivity index (χ0v) is 15.5. The maximum absolute atomic E-state index is 6.09. The van der Waals surface area contributed by atoms with Gasteiger partial charge in [-0.05, 0) is 30.2 Å². The van der Waals surface area contributed by atoms with Crippen molar-refractivity contribution in [1.29, 1.82) is 0 Å². The Bertz CT molecular complexity index is 737. The molecule has 4 heterocycles. The molecular formula is C18H25N3O2S. The number of rotatable bonds is 3. The second-order valence-corrected chi connectivity index (χ2v) is 8.25. The molecule has 0 amide bonds. The lowest BCUT2D eigenvalue weighted by Gasteiger charge is -2.40. The van der Waals surface area contributed by atoms with Crippen LogP contribution in [0.3, 0.4) is 0 Å². The summed E-state index contributed by atoms with van der Waals surface area (Å²) in [7, 11) is 0. The summed E-state index contributed by atoms with van der Waals surface area (Å²) in [4.78, 5) is 13.0. The van der Waals surface area contributed by atoms with Gasteiger partial charge in [0, 0.05) is 19.6 Å². The summed E-state index contributed by atoms with van der Waals surface area (Å²) in [5, 5.41) is 3.51. The van der Waals surface area contributed by atoms with Gasteiger partial charge in [0.1, 0.15) is 22.1 Å². The maximum Gasteiger partial charge on any atom is 0.141 e. The van der Waals surface area contributed by atoms with Gasteiger partial charge in [-0.1, -0.05) is 13.8 Å². The van der Waals surface area contributed by atoms with Gasteiger partial charge in [-0.2, -0.15) is 0 Å². The second kappa shape index (κ2) is 6.24. The predicted molar refractivity (Wildman–Crippen MR) is 97.0 cm³/mol. The van der Waals surface area contributed by atoms with Crippen molar-refractivity contribution in [2.75, 3.05) is 37.8 Å². The number of aromatic nitrogens is 2. The smallest absolute Gasteiger partial charge is 0.141 e. The number of aryl methyl sites for hydroxylation is 1. The molecule has 2 aromatic heterocycles. The van der Waals surface area contributed by atoms with Crippen molar-refractivity contribution in [3.8, 4) is 0 Å². The minimum atomic E-state index is -0.155. The first kappa shape index (κ1) is 16.2. The predicted octanol–water partition coefficient (Wildman–Crippen LogP) is 3.19. The van der Waals surface area contributed by atoms with E-state index in [9.17, 15) is 0 Å². The van der Waals surface area contributed by atoms with Gasteiger partial charge >= 0.3 is 0 Å². The molecule has 1 spiro atoms. The van der Waals surface area contributed by atoms with E-state index in [1.165, 1.54) is 10.9 Å². The molecule has 2 aromatic rings. The number of morpholine rings is 1. The van der Waals surface area contributed by atoms with Crippen LogP contribution in [0.4, 0.5) is 5.82 Å². The summed E-state index contributed by atoms with van der Waals surface area (Å²) in [6.07, 6.45) is 2.04.